The quantitative estimate of drug-likeness (QED) is 0.772. The highest BCUT2D eigenvalue weighted by Crippen LogP contribution is 2.28. The molecule has 0 bridgehead atoms. The summed E-state index contributed by atoms with van der Waals surface area (Å²) in [5, 5.41) is 5.81. The Bertz CT molecular complexity index is 354. The minimum Gasteiger partial charge on any atom is -0.333 e. The van der Waals surface area contributed by atoms with Crippen LogP contribution >= 0.6 is 0 Å². The van der Waals surface area contributed by atoms with Crippen molar-refractivity contribution in [1.29, 1.82) is 0 Å². The van der Waals surface area contributed by atoms with E-state index in [1.165, 1.54) is 12.8 Å². The Labute approximate surface area is 102 Å². The van der Waals surface area contributed by atoms with Gasteiger partial charge in [-0.25, -0.2) is 4.79 Å². The minimum atomic E-state index is -0.171. The van der Waals surface area contributed by atoms with Gasteiger partial charge >= 0.3 is 6.03 Å². The zero-order chi connectivity index (χ0) is 12.3. The second kappa shape index (κ2) is 4.90. The molecular weight excluding hydrogens is 216 g/mol. The van der Waals surface area contributed by atoms with E-state index in [0.29, 0.717) is 6.42 Å². The molecule has 0 saturated heterocycles. The minimum absolute atomic E-state index is 0.0662. The summed E-state index contributed by atoms with van der Waals surface area (Å²) in [6, 6.07) is -0.171. The van der Waals surface area contributed by atoms with Crippen molar-refractivity contribution in [3.8, 4) is 0 Å². The van der Waals surface area contributed by atoms with E-state index in [0.717, 1.165) is 31.4 Å². The standard InChI is InChI=1S/C13H20N2O2/c1-13(7-2-3-8-13)15-12(17)14-10-5-4-6-11(16)9-10/h9H,2-8H2,1H3,(H2,14,15,17). The van der Waals surface area contributed by atoms with Crippen LogP contribution in [0.25, 0.3) is 0 Å². The lowest BCUT2D eigenvalue weighted by Crippen LogP contribution is -2.48. The first-order valence-electron chi connectivity index (χ1n) is 6.40. The Kier molecular flexibility index (Phi) is 3.50. The molecule has 1 fully saturated rings. The SMILES string of the molecule is CC1(NC(=O)NC2=CC(=O)CCC2)CCCC1. The molecule has 0 spiro atoms. The predicted octanol–water partition coefficient (Wildman–Crippen LogP) is 2.26. The number of carbonyl (C=O) groups excluding carboxylic acids is 2. The number of amides is 2. The van der Waals surface area contributed by atoms with Crippen LogP contribution in [0, 0.1) is 0 Å². The summed E-state index contributed by atoms with van der Waals surface area (Å²) in [4.78, 5) is 23.0. The molecule has 0 heterocycles. The fraction of sp³-hybridized carbons (Fsp3) is 0.692. The zero-order valence-electron chi connectivity index (χ0n) is 10.3. The van der Waals surface area contributed by atoms with Crippen LogP contribution in [0.4, 0.5) is 4.79 Å². The summed E-state index contributed by atoms with van der Waals surface area (Å²) in [6.45, 7) is 2.08. The number of hydrogen-bond donors (Lipinski definition) is 2. The Morgan fingerprint density at radius 2 is 1.94 bits per heavy atom. The van der Waals surface area contributed by atoms with E-state index < -0.39 is 0 Å². The molecule has 0 aromatic heterocycles. The summed E-state index contributed by atoms with van der Waals surface area (Å²) in [7, 11) is 0. The first-order chi connectivity index (χ1) is 8.07. The van der Waals surface area contributed by atoms with Gasteiger partial charge in [0.1, 0.15) is 0 Å². The van der Waals surface area contributed by atoms with E-state index >= 15 is 0 Å². The van der Waals surface area contributed by atoms with Crippen molar-refractivity contribution in [3.63, 3.8) is 0 Å². The largest absolute Gasteiger partial charge is 0.333 e. The van der Waals surface area contributed by atoms with Crippen molar-refractivity contribution in [2.45, 2.75) is 57.4 Å². The number of urea groups is 1. The third-order valence-corrected chi connectivity index (χ3v) is 3.60. The Morgan fingerprint density at radius 3 is 2.59 bits per heavy atom. The van der Waals surface area contributed by atoms with Gasteiger partial charge in [0.25, 0.3) is 0 Å². The summed E-state index contributed by atoms with van der Waals surface area (Å²) in [5.41, 5.74) is 0.684. The van der Waals surface area contributed by atoms with E-state index in [1.807, 2.05) is 0 Å². The maximum absolute atomic E-state index is 11.8. The molecule has 0 aliphatic heterocycles. The Balaban J connectivity index is 1.86. The molecule has 2 N–H and O–H groups in total. The number of carbonyl (C=O) groups is 2. The van der Waals surface area contributed by atoms with Gasteiger partial charge in [-0.15, -0.1) is 0 Å². The van der Waals surface area contributed by atoms with Gasteiger partial charge in [-0.1, -0.05) is 12.8 Å². The van der Waals surface area contributed by atoms with Crippen molar-refractivity contribution < 1.29 is 9.59 Å². The second-order valence-corrected chi connectivity index (χ2v) is 5.34. The highest BCUT2D eigenvalue weighted by molar-refractivity contribution is 5.92. The maximum Gasteiger partial charge on any atom is 0.319 e. The monoisotopic (exact) mass is 236 g/mol. The fourth-order valence-electron chi connectivity index (χ4n) is 2.62. The topological polar surface area (TPSA) is 58.2 Å². The normalized spacial score (nSPS) is 23.1. The van der Waals surface area contributed by atoms with Crippen molar-refractivity contribution in [2.24, 2.45) is 0 Å². The number of rotatable bonds is 2. The summed E-state index contributed by atoms with van der Waals surface area (Å²) >= 11 is 0. The maximum atomic E-state index is 11.8. The predicted molar refractivity (Wildman–Crippen MR) is 65.5 cm³/mol. The summed E-state index contributed by atoms with van der Waals surface area (Å²) in [5.74, 6) is 0.110. The van der Waals surface area contributed by atoms with Crippen LogP contribution in [0.2, 0.25) is 0 Å². The van der Waals surface area contributed by atoms with Gasteiger partial charge in [0.05, 0.1) is 0 Å². The molecule has 0 aromatic rings. The van der Waals surface area contributed by atoms with E-state index in [2.05, 4.69) is 17.6 Å². The third kappa shape index (κ3) is 3.32. The van der Waals surface area contributed by atoms with Crippen LogP contribution in [-0.4, -0.2) is 17.4 Å². The van der Waals surface area contributed by atoms with Gasteiger partial charge in [0.15, 0.2) is 5.78 Å². The first kappa shape index (κ1) is 12.1. The molecular formula is C13H20N2O2. The highest BCUT2D eigenvalue weighted by Gasteiger charge is 2.30. The van der Waals surface area contributed by atoms with Crippen molar-refractivity contribution in [1.82, 2.24) is 10.6 Å². The van der Waals surface area contributed by atoms with Gasteiger partial charge in [-0.3, -0.25) is 4.79 Å². The second-order valence-electron chi connectivity index (χ2n) is 5.34. The Morgan fingerprint density at radius 1 is 1.24 bits per heavy atom. The highest BCUT2D eigenvalue weighted by atomic mass is 16.2. The number of allylic oxidation sites excluding steroid dienone is 2. The number of ketones is 1. The first-order valence-corrected chi connectivity index (χ1v) is 6.40. The lowest BCUT2D eigenvalue weighted by atomic mass is 10.0. The molecule has 0 aromatic carbocycles. The molecule has 2 aliphatic rings. The summed E-state index contributed by atoms with van der Waals surface area (Å²) < 4.78 is 0. The molecule has 2 rings (SSSR count). The summed E-state index contributed by atoms with van der Waals surface area (Å²) in [6.07, 6.45) is 8.22. The Hall–Kier alpha value is -1.32. The van der Waals surface area contributed by atoms with Gasteiger partial charge < -0.3 is 10.6 Å². The molecule has 94 valence electrons. The van der Waals surface area contributed by atoms with Crippen molar-refractivity contribution >= 4 is 11.8 Å². The van der Waals surface area contributed by atoms with Crippen LogP contribution in [0.1, 0.15) is 51.9 Å². The van der Waals surface area contributed by atoms with Crippen LogP contribution in [0.3, 0.4) is 0 Å². The number of hydrogen-bond acceptors (Lipinski definition) is 2. The molecule has 0 atom stereocenters. The fourth-order valence-corrected chi connectivity index (χ4v) is 2.62. The van der Waals surface area contributed by atoms with Gasteiger partial charge in [0.2, 0.25) is 0 Å². The van der Waals surface area contributed by atoms with Crippen LogP contribution < -0.4 is 10.6 Å². The van der Waals surface area contributed by atoms with Crippen LogP contribution in [0.15, 0.2) is 11.8 Å². The van der Waals surface area contributed by atoms with E-state index in [-0.39, 0.29) is 17.4 Å². The molecule has 4 heteroatoms. The average Bonchev–Trinajstić information content (AvgIpc) is 2.64. The molecule has 17 heavy (non-hydrogen) atoms. The third-order valence-electron chi connectivity index (χ3n) is 3.60. The van der Waals surface area contributed by atoms with Crippen LogP contribution in [-0.2, 0) is 4.79 Å². The zero-order valence-corrected chi connectivity index (χ0v) is 10.3. The van der Waals surface area contributed by atoms with Gasteiger partial charge in [-0.2, -0.15) is 0 Å². The average molecular weight is 236 g/mol. The van der Waals surface area contributed by atoms with Crippen molar-refractivity contribution in [3.05, 3.63) is 11.8 Å². The molecule has 0 unspecified atom stereocenters. The van der Waals surface area contributed by atoms with Gasteiger partial charge in [-0.05, 0) is 32.6 Å². The van der Waals surface area contributed by atoms with Gasteiger partial charge in [0, 0.05) is 23.7 Å². The molecule has 4 nitrogen and oxygen atoms in total. The molecule has 2 aliphatic carbocycles. The molecule has 0 radical (unpaired) electrons. The molecule has 2 amide bonds. The van der Waals surface area contributed by atoms with Crippen LogP contribution in [0.5, 0.6) is 0 Å². The van der Waals surface area contributed by atoms with Crippen molar-refractivity contribution in [2.75, 3.05) is 0 Å². The molecule has 1 saturated carbocycles. The van der Waals surface area contributed by atoms with E-state index in [4.69, 9.17) is 0 Å². The van der Waals surface area contributed by atoms with E-state index in [1.54, 1.807) is 6.08 Å². The number of nitrogens with one attached hydrogen (secondary N) is 2. The lowest BCUT2D eigenvalue weighted by molar-refractivity contribution is -0.115. The smallest absolute Gasteiger partial charge is 0.319 e. The van der Waals surface area contributed by atoms with E-state index in [9.17, 15) is 9.59 Å². The lowest BCUT2D eigenvalue weighted by Gasteiger charge is -2.26.